The molecule has 0 atom stereocenters. The fraction of sp³-hybridized carbons (Fsp3) is 0.778. The molecule has 0 aromatic heterocycles. The number of rotatable bonds is 4. The predicted octanol–water partition coefficient (Wildman–Crippen LogP) is 2.46. The average Bonchev–Trinajstić information content (AvgIpc) is 1.84. The Morgan fingerprint density at radius 1 is 1.50 bits per heavy atom. The van der Waals surface area contributed by atoms with Crippen LogP contribution in [0.25, 0.3) is 0 Å². The molecule has 0 spiro atoms. The molecule has 0 rings (SSSR count). The highest BCUT2D eigenvalue weighted by atomic mass is 16.5. The van der Waals surface area contributed by atoms with Crippen LogP contribution in [0.15, 0.2) is 4.99 Å². The van der Waals surface area contributed by atoms with Crippen LogP contribution in [0.4, 0.5) is 0 Å². The van der Waals surface area contributed by atoms with Gasteiger partial charge in [0.25, 0.3) is 0 Å². The van der Waals surface area contributed by atoms with Crippen molar-refractivity contribution in [2.75, 3.05) is 6.73 Å². The molecule has 0 heterocycles. The van der Waals surface area contributed by atoms with E-state index < -0.39 is 0 Å². The predicted molar refractivity (Wildman–Crippen MR) is 51.9 cm³/mol. The molecule has 3 heteroatoms. The summed E-state index contributed by atoms with van der Waals surface area (Å²) in [5, 5.41) is 6.61. The molecule has 3 nitrogen and oxygen atoms in total. The lowest BCUT2D eigenvalue weighted by Crippen LogP contribution is -2.11. The zero-order chi connectivity index (χ0) is 9.61. The van der Waals surface area contributed by atoms with E-state index in [0.717, 1.165) is 18.5 Å². The smallest absolute Gasteiger partial charge is 0.180 e. The van der Waals surface area contributed by atoms with Crippen molar-refractivity contribution in [1.29, 1.82) is 5.41 Å². The van der Waals surface area contributed by atoms with E-state index in [1.165, 1.54) is 0 Å². The van der Waals surface area contributed by atoms with E-state index in [1.807, 2.05) is 6.92 Å². The molecular weight excluding hydrogens is 152 g/mol. The van der Waals surface area contributed by atoms with Crippen LogP contribution in [0, 0.1) is 10.8 Å². The summed E-state index contributed by atoms with van der Waals surface area (Å²) in [4.78, 5) is 4.14. The topological polar surface area (TPSA) is 45.4 Å². The Bertz CT molecular complexity index is 168. The fourth-order valence-corrected chi connectivity index (χ4v) is 1.01. The van der Waals surface area contributed by atoms with Crippen LogP contribution in [0.1, 0.15) is 34.1 Å². The Labute approximate surface area is 74.4 Å². The molecule has 12 heavy (non-hydrogen) atoms. The van der Waals surface area contributed by atoms with Crippen molar-refractivity contribution >= 4 is 12.1 Å². The van der Waals surface area contributed by atoms with E-state index in [4.69, 9.17) is 5.41 Å². The quantitative estimate of drug-likeness (QED) is 0.393. The first-order valence-corrected chi connectivity index (χ1v) is 4.06. The highest BCUT2D eigenvalue weighted by Gasteiger charge is 2.10. The third kappa shape index (κ3) is 7.25. The van der Waals surface area contributed by atoms with Crippen molar-refractivity contribution < 1.29 is 4.74 Å². The minimum absolute atomic E-state index is 0.269. The van der Waals surface area contributed by atoms with E-state index in [-0.39, 0.29) is 12.1 Å². The molecule has 0 aromatic rings. The molecule has 70 valence electrons. The first kappa shape index (κ1) is 11.1. The van der Waals surface area contributed by atoms with Gasteiger partial charge in [0, 0.05) is 5.71 Å². The second kappa shape index (κ2) is 4.91. The number of hydrogen-bond donors (Lipinski definition) is 1. The highest BCUT2D eigenvalue weighted by Crippen LogP contribution is 2.18. The third-order valence-corrected chi connectivity index (χ3v) is 1.28. The van der Waals surface area contributed by atoms with E-state index >= 15 is 0 Å². The summed E-state index contributed by atoms with van der Waals surface area (Å²) >= 11 is 0. The molecule has 0 aliphatic heterocycles. The van der Waals surface area contributed by atoms with Crippen LogP contribution in [-0.2, 0) is 4.74 Å². The van der Waals surface area contributed by atoms with E-state index in [2.05, 4.69) is 30.5 Å². The molecular formula is C9H18N2O. The van der Waals surface area contributed by atoms with Gasteiger partial charge in [-0.3, -0.25) is 10.4 Å². The summed E-state index contributed by atoms with van der Waals surface area (Å²) in [6.07, 6.45) is 1.88. The number of hydrogen-bond acceptors (Lipinski definition) is 3. The Morgan fingerprint density at radius 3 is 2.50 bits per heavy atom. The van der Waals surface area contributed by atoms with Gasteiger partial charge in [0.15, 0.2) is 13.1 Å². The van der Waals surface area contributed by atoms with Crippen LogP contribution < -0.4 is 0 Å². The lowest BCUT2D eigenvalue weighted by molar-refractivity contribution is 0.330. The van der Waals surface area contributed by atoms with Gasteiger partial charge in [-0.05, 0) is 18.8 Å². The molecule has 0 saturated carbocycles. The summed E-state index contributed by atoms with van der Waals surface area (Å²) in [5.74, 6) is 0. The minimum Gasteiger partial charge on any atom is -0.461 e. The van der Waals surface area contributed by atoms with Crippen molar-refractivity contribution in [3.8, 4) is 0 Å². The Balaban J connectivity index is 3.77. The van der Waals surface area contributed by atoms with E-state index in [0.29, 0.717) is 0 Å². The molecule has 0 aromatic carbocycles. The van der Waals surface area contributed by atoms with Gasteiger partial charge in [-0.1, -0.05) is 20.8 Å². The largest absolute Gasteiger partial charge is 0.461 e. The summed E-state index contributed by atoms with van der Waals surface area (Å²) in [6, 6.07) is 0. The summed E-state index contributed by atoms with van der Waals surface area (Å²) in [5.41, 5.74) is 1.35. The number of ether oxygens (including phenoxy) is 1. The Hall–Kier alpha value is -0.860. The van der Waals surface area contributed by atoms with Gasteiger partial charge in [-0.15, -0.1) is 0 Å². The Kier molecular flexibility index (Phi) is 4.55. The van der Waals surface area contributed by atoms with Gasteiger partial charge in [0.05, 0.1) is 0 Å². The van der Waals surface area contributed by atoms with Gasteiger partial charge in [-0.25, -0.2) is 0 Å². The van der Waals surface area contributed by atoms with Crippen LogP contribution in [0.5, 0.6) is 0 Å². The van der Waals surface area contributed by atoms with Crippen LogP contribution in [-0.4, -0.2) is 18.8 Å². The normalized spacial score (nSPS) is 12.8. The maximum atomic E-state index is 6.61. The number of nitrogens with zero attached hydrogens (tertiary/aromatic N) is 1. The molecule has 0 radical (unpaired) electrons. The zero-order valence-electron chi connectivity index (χ0n) is 8.35. The van der Waals surface area contributed by atoms with Gasteiger partial charge in [0.2, 0.25) is 0 Å². The van der Waals surface area contributed by atoms with Gasteiger partial charge in [-0.2, -0.15) is 0 Å². The molecule has 0 unspecified atom stereocenters. The van der Waals surface area contributed by atoms with Gasteiger partial charge in [0.1, 0.15) is 0 Å². The molecule has 0 aliphatic rings. The van der Waals surface area contributed by atoms with Gasteiger partial charge < -0.3 is 4.74 Å². The highest BCUT2D eigenvalue weighted by molar-refractivity contribution is 5.82. The van der Waals surface area contributed by atoms with Crippen molar-refractivity contribution in [3.05, 3.63) is 0 Å². The lowest BCUT2D eigenvalue weighted by atomic mass is 9.90. The first-order chi connectivity index (χ1) is 5.45. The molecule has 0 saturated heterocycles. The second-order valence-electron chi connectivity index (χ2n) is 4.04. The van der Waals surface area contributed by atoms with Crippen molar-refractivity contribution in [1.82, 2.24) is 0 Å². The molecule has 1 N–H and O–H groups in total. The third-order valence-electron chi connectivity index (χ3n) is 1.28. The van der Waals surface area contributed by atoms with Crippen LogP contribution >= 0.6 is 0 Å². The Morgan fingerprint density at radius 2 is 2.08 bits per heavy atom. The first-order valence-electron chi connectivity index (χ1n) is 4.06. The number of aliphatic imine (C=N–C) groups is 1. The summed E-state index contributed by atoms with van der Waals surface area (Å²) in [7, 11) is 0. The summed E-state index contributed by atoms with van der Waals surface area (Å²) in [6.45, 7) is 8.76. The monoisotopic (exact) mass is 170 g/mol. The second-order valence-corrected chi connectivity index (χ2v) is 4.04. The maximum Gasteiger partial charge on any atom is 0.180 e. The molecule has 0 bridgehead atoms. The van der Waals surface area contributed by atoms with Crippen molar-refractivity contribution in [2.45, 2.75) is 34.1 Å². The van der Waals surface area contributed by atoms with Gasteiger partial charge >= 0.3 is 0 Å². The van der Waals surface area contributed by atoms with E-state index in [1.54, 1.807) is 0 Å². The molecule has 0 aliphatic carbocycles. The average molecular weight is 170 g/mol. The van der Waals surface area contributed by atoms with Crippen molar-refractivity contribution in [3.63, 3.8) is 0 Å². The van der Waals surface area contributed by atoms with Crippen LogP contribution in [0.2, 0.25) is 0 Å². The van der Waals surface area contributed by atoms with Crippen molar-refractivity contribution in [2.24, 2.45) is 10.4 Å². The minimum atomic E-state index is 0.269. The SMILES string of the molecule is CC(CC(C)(C)C)=NCOC=N. The zero-order valence-corrected chi connectivity index (χ0v) is 8.35. The van der Waals surface area contributed by atoms with Crippen LogP contribution in [0.3, 0.4) is 0 Å². The fourth-order valence-electron chi connectivity index (χ4n) is 1.01. The molecule has 0 fully saturated rings. The lowest BCUT2D eigenvalue weighted by Gasteiger charge is -2.17. The standard InChI is InChI=1S/C9H18N2O/c1-8(5-9(2,3)4)11-7-12-6-10/h6,10H,5,7H2,1-4H3. The molecule has 0 amide bonds. The summed E-state index contributed by atoms with van der Waals surface area (Å²) < 4.78 is 4.67. The van der Waals surface area contributed by atoms with E-state index in [9.17, 15) is 0 Å². The maximum absolute atomic E-state index is 6.61. The number of nitrogens with one attached hydrogen (secondary N) is 1.